The van der Waals surface area contributed by atoms with Gasteiger partial charge in [-0.25, -0.2) is 13.2 Å². The van der Waals surface area contributed by atoms with Gasteiger partial charge in [0, 0.05) is 23.7 Å². The number of pyridine rings is 1. The molecule has 0 spiro atoms. The maximum atomic E-state index is 14.5. The van der Waals surface area contributed by atoms with Gasteiger partial charge in [0.15, 0.2) is 6.29 Å². The normalized spacial score (nSPS) is 17.6. The Morgan fingerprint density at radius 2 is 1.59 bits per heavy atom. The molecule has 2 atom stereocenters. The lowest BCUT2D eigenvalue weighted by molar-refractivity contribution is -0.0988. The lowest BCUT2D eigenvalue weighted by Crippen LogP contribution is -2.50. The van der Waals surface area contributed by atoms with Gasteiger partial charge in [-0.1, -0.05) is 60.1 Å². The van der Waals surface area contributed by atoms with Gasteiger partial charge in [-0.3, -0.25) is 4.98 Å². The highest BCUT2D eigenvalue weighted by Crippen LogP contribution is 2.59. The van der Waals surface area contributed by atoms with Gasteiger partial charge in [-0.15, -0.1) is 0 Å². The first-order valence-electron chi connectivity index (χ1n) is 14.3. The van der Waals surface area contributed by atoms with Crippen molar-refractivity contribution < 1.29 is 33.3 Å². The van der Waals surface area contributed by atoms with Crippen LogP contribution in [0.1, 0.15) is 33.8 Å². The molecule has 0 amide bonds. The number of aromatic carboxylic acids is 1. The summed E-state index contributed by atoms with van der Waals surface area (Å²) in [4.78, 5) is 15.7. The second kappa shape index (κ2) is 12.7. The van der Waals surface area contributed by atoms with Crippen LogP contribution in [0.25, 0.3) is 11.1 Å². The predicted octanol–water partition coefficient (Wildman–Crippen LogP) is 6.32. The van der Waals surface area contributed by atoms with Crippen molar-refractivity contribution in [1.29, 1.82) is 0 Å². The summed E-state index contributed by atoms with van der Waals surface area (Å²) in [5, 5.41) is 31.9. The second-order valence-electron chi connectivity index (χ2n) is 11.0. The minimum absolute atomic E-state index is 0.0200. The first-order valence-corrected chi connectivity index (χ1v) is 16.1. The van der Waals surface area contributed by atoms with Crippen molar-refractivity contribution in [3.63, 3.8) is 0 Å². The predicted molar refractivity (Wildman–Crippen MR) is 172 cm³/mol. The van der Waals surface area contributed by atoms with Gasteiger partial charge in [0.2, 0.25) is 10.0 Å². The molecule has 1 fully saturated rings. The zero-order valence-corrected chi connectivity index (χ0v) is 25.8. The van der Waals surface area contributed by atoms with Crippen LogP contribution in [0.4, 0.5) is 0 Å². The molecule has 4 aromatic carbocycles. The maximum Gasteiger partial charge on any atom is 0.335 e. The van der Waals surface area contributed by atoms with E-state index in [1.165, 1.54) is 30.3 Å². The van der Waals surface area contributed by atoms with E-state index in [2.05, 4.69) is 4.98 Å². The average Bonchev–Trinajstić information content (AvgIpc) is 3.82. The molecule has 1 aromatic heterocycles. The van der Waals surface area contributed by atoms with Crippen LogP contribution < -0.4 is 4.74 Å². The highest BCUT2D eigenvalue weighted by molar-refractivity contribution is 7.89. The molecule has 46 heavy (non-hydrogen) atoms. The molecule has 0 radical (unpaired) electrons. The molecule has 1 aliphatic carbocycles. The molecule has 234 valence electrons. The molecule has 0 aliphatic heterocycles. The van der Waals surface area contributed by atoms with Crippen molar-refractivity contribution in [3.05, 3.63) is 143 Å². The molecule has 1 aliphatic rings. The van der Waals surface area contributed by atoms with E-state index in [1.54, 1.807) is 79.1 Å². The van der Waals surface area contributed by atoms with Gasteiger partial charge in [0.1, 0.15) is 11.5 Å². The zero-order valence-electron chi connectivity index (χ0n) is 24.3. The number of rotatable bonds is 11. The Hall–Kier alpha value is -4.58. The van der Waals surface area contributed by atoms with Crippen LogP contribution in [0.3, 0.4) is 0 Å². The Morgan fingerprint density at radius 1 is 0.913 bits per heavy atom. The monoisotopic (exact) mass is 656 g/mol. The lowest BCUT2D eigenvalue weighted by Gasteiger charge is -2.34. The van der Waals surface area contributed by atoms with Gasteiger partial charge >= 0.3 is 5.97 Å². The van der Waals surface area contributed by atoms with Gasteiger partial charge in [0.05, 0.1) is 22.2 Å². The summed E-state index contributed by atoms with van der Waals surface area (Å²) in [6.07, 6.45) is 1.22. The van der Waals surface area contributed by atoms with Crippen LogP contribution in [-0.4, -0.2) is 50.8 Å². The van der Waals surface area contributed by atoms with Crippen molar-refractivity contribution in [3.8, 4) is 22.6 Å². The second-order valence-corrected chi connectivity index (χ2v) is 13.3. The maximum absolute atomic E-state index is 14.5. The minimum Gasteiger partial charge on any atom is -0.478 e. The zero-order chi connectivity index (χ0) is 32.5. The number of aliphatic hydroxyl groups is 2. The van der Waals surface area contributed by atoms with Crippen LogP contribution in [0.15, 0.2) is 126 Å². The number of carboxylic acid groups (broad SMARTS) is 1. The largest absolute Gasteiger partial charge is 0.478 e. The number of carboxylic acids is 1. The molecular formula is C35H29ClN2O7S. The standard InChI is InChI=1S/C35H29ClN2O7S/c36-28-13-9-24(10-14-28)25-11-15-31(16-12-25)46(43,44)38(22-23-4-1-6-27(18-23)33(39)40)35(34(41)42)20-32(35)26-5-2-7-29(19-26)45-30-8-3-17-37-21-30/h1-19,21,32,34,41-42H,20,22H2,(H,39,40). The smallest absolute Gasteiger partial charge is 0.335 e. The number of ether oxygens (including phenoxy) is 1. The third kappa shape index (κ3) is 6.26. The van der Waals surface area contributed by atoms with E-state index < -0.39 is 33.7 Å². The first kappa shape index (κ1) is 31.4. The summed E-state index contributed by atoms with van der Waals surface area (Å²) >= 11 is 6.02. The van der Waals surface area contributed by atoms with E-state index in [0.29, 0.717) is 27.6 Å². The first-order chi connectivity index (χ1) is 22.1. The van der Waals surface area contributed by atoms with E-state index in [-0.39, 0.29) is 23.4 Å². The van der Waals surface area contributed by atoms with E-state index in [0.717, 1.165) is 15.4 Å². The number of halogens is 1. The van der Waals surface area contributed by atoms with E-state index in [1.807, 2.05) is 12.1 Å². The SMILES string of the molecule is O=C(O)c1cccc(CN(C2(C(O)O)CC2c2cccc(Oc3cccnc3)c2)S(=O)(=O)c2ccc(-c3ccc(Cl)cc3)cc2)c1. The highest BCUT2D eigenvalue weighted by atomic mass is 35.5. The summed E-state index contributed by atoms with van der Waals surface area (Å²) in [5.41, 5.74) is 0.956. The van der Waals surface area contributed by atoms with Crippen molar-refractivity contribution in [2.45, 2.75) is 35.6 Å². The number of nitrogens with zero attached hydrogens (tertiary/aromatic N) is 2. The molecule has 11 heteroatoms. The van der Waals surface area contributed by atoms with Crippen molar-refractivity contribution >= 4 is 27.6 Å². The van der Waals surface area contributed by atoms with E-state index in [9.17, 15) is 28.5 Å². The third-order valence-corrected chi connectivity index (χ3v) is 10.3. The quantitative estimate of drug-likeness (QED) is 0.141. The van der Waals surface area contributed by atoms with Gasteiger partial charge in [-0.05, 0) is 89.3 Å². The van der Waals surface area contributed by atoms with Crippen molar-refractivity contribution in [2.24, 2.45) is 0 Å². The molecule has 1 heterocycles. The molecule has 9 nitrogen and oxygen atoms in total. The lowest BCUT2D eigenvalue weighted by atomic mass is 10.0. The number of hydrogen-bond donors (Lipinski definition) is 3. The minimum atomic E-state index is -4.37. The molecule has 1 saturated carbocycles. The summed E-state index contributed by atoms with van der Waals surface area (Å²) in [6.45, 7) is -0.303. The Balaban J connectivity index is 1.39. The molecule has 6 rings (SSSR count). The fraction of sp³-hybridized carbons (Fsp3) is 0.143. The highest BCUT2D eigenvalue weighted by Gasteiger charge is 2.66. The average molecular weight is 657 g/mol. The van der Waals surface area contributed by atoms with Gasteiger partial charge in [0.25, 0.3) is 0 Å². The van der Waals surface area contributed by atoms with Crippen molar-refractivity contribution in [2.75, 3.05) is 0 Å². The number of carbonyl (C=O) groups is 1. The number of aromatic nitrogens is 1. The fourth-order valence-corrected chi connectivity index (χ4v) is 7.64. The van der Waals surface area contributed by atoms with Gasteiger partial charge in [-0.2, -0.15) is 4.31 Å². The molecule has 3 N–H and O–H groups in total. The Bertz CT molecular complexity index is 1970. The van der Waals surface area contributed by atoms with Crippen molar-refractivity contribution in [1.82, 2.24) is 9.29 Å². The molecule has 0 saturated heterocycles. The molecule has 0 bridgehead atoms. The number of sulfonamides is 1. The summed E-state index contributed by atoms with van der Waals surface area (Å²) in [7, 11) is -4.37. The van der Waals surface area contributed by atoms with Crippen LogP contribution >= 0.6 is 11.6 Å². The van der Waals surface area contributed by atoms with Crippen LogP contribution in [-0.2, 0) is 16.6 Å². The van der Waals surface area contributed by atoms with Crippen LogP contribution in [0.2, 0.25) is 5.02 Å². The third-order valence-electron chi connectivity index (χ3n) is 8.14. The molecular weight excluding hydrogens is 628 g/mol. The van der Waals surface area contributed by atoms with E-state index in [4.69, 9.17) is 16.3 Å². The van der Waals surface area contributed by atoms with Gasteiger partial charge < -0.3 is 20.1 Å². The molecule has 5 aromatic rings. The summed E-state index contributed by atoms with van der Waals surface area (Å²) in [5.74, 6) is -0.801. The number of aliphatic hydroxyl groups excluding tert-OH is 1. The summed E-state index contributed by atoms with van der Waals surface area (Å²) < 4.78 is 35.9. The van der Waals surface area contributed by atoms with Crippen LogP contribution in [0, 0.1) is 0 Å². The Morgan fingerprint density at radius 3 is 2.24 bits per heavy atom. The Labute approximate surface area is 271 Å². The van der Waals surface area contributed by atoms with Crippen LogP contribution in [0.5, 0.6) is 11.5 Å². The topological polar surface area (TPSA) is 137 Å². The number of hydrogen-bond acceptors (Lipinski definition) is 7. The summed E-state index contributed by atoms with van der Waals surface area (Å²) in [6, 6.07) is 29.8. The van der Waals surface area contributed by atoms with E-state index >= 15 is 0 Å². The fourth-order valence-electron chi connectivity index (χ4n) is 5.72. The number of benzene rings is 4. The Kier molecular flexibility index (Phi) is 8.65. The molecule has 2 unspecified atom stereocenters.